The molecule has 4 aliphatic rings. The van der Waals surface area contributed by atoms with Crippen molar-refractivity contribution in [3.05, 3.63) is 51.4 Å². The smallest absolute Gasteiger partial charge is 0.336 e. The summed E-state index contributed by atoms with van der Waals surface area (Å²) in [6, 6.07) is 6.37. The van der Waals surface area contributed by atoms with Gasteiger partial charge in [0.15, 0.2) is 0 Å². The van der Waals surface area contributed by atoms with Gasteiger partial charge in [-0.25, -0.2) is 9.69 Å². The Hall–Kier alpha value is -3.02. The number of amides is 2. The summed E-state index contributed by atoms with van der Waals surface area (Å²) < 4.78 is 5.23. The Morgan fingerprint density at radius 2 is 1.92 bits per heavy atom. The Kier molecular flexibility index (Phi) is 2.93. The van der Waals surface area contributed by atoms with Crippen LogP contribution in [0.15, 0.2) is 44.6 Å². The number of Topliss-reactive ketones (excluding diaryl/α,β-unsaturated/α-hetero) is 1. The quantitative estimate of drug-likeness (QED) is 0.582. The third kappa shape index (κ3) is 1.87. The van der Waals surface area contributed by atoms with Gasteiger partial charge in [0, 0.05) is 35.4 Å². The lowest BCUT2D eigenvalue weighted by Crippen LogP contribution is -2.38. The van der Waals surface area contributed by atoms with Crippen LogP contribution in [-0.4, -0.2) is 17.6 Å². The number of rotatable bonds is 1. The second-order valence-corrected chi connectivity index (χ2v) is 7.19. The maximum absolute atomic E-state index is 13.0. The minimum atomic E-state index is -0.646. The fourth-order valence-corrected chi connectivity index (χ4v) is 4.56. The van der Waals surface area contributed by atoms with Crippen molar-refractivity contribution in [1.82, 2.24) is 0 Å². The minimum absolute atomic E-state index is 0.0585. The Labute approximate surface area is 148 Å². The molecule has 2 aromatic rings. The standard InChI is InChI=1S/C20H15NO5/c1-9-6-16(23)26-15-8-11(3-5-12(9)15)21-19(24)17-10-2-4-13(14(22)7-10)18(17)20(21)25/h3,5-6,8,13,18H,2,4,7H2,1H3. The number of hydrogen-bond donors (Lipinski definition) is 0. The zero-order valence-corrected chi connectivity index (χ0v) is 14.1. The molecule has 130 valence electrons. The van der Waals surface area contributed by atoms with E-state index in [1.165, 1.54) is 6.07 Å². The van der Waals surface area contributed by atoms with Crippen molar-refractivity contribution in [1.29, 1.82) is 0 Å². The molecule has 1 aliphatic heterocycles. The van der Waals surface area contributed by atoms with Gasteiger partial charge < -0.3 is 4.42 Å². The predicted octanol–water partition coefficient (Wildman–Crippen LogP) is 2.27. The van der Waals surface area contributed by atoms with Gasteiger partial charge in [-0.1, -0.05) is 5.57 Å². The average molecular weight is 349 g/mol. The summed E-state index contributed by atoms with van der Waals surface area (Å²) in [6.45, 7) is 1.80. The van der Waals surface area contributed by atoms with E-state index in [2.05, 4.69) is 0 Å². The van der Waals surface area contributed by atoms with Gasteiger partial charge in [0.2, 0.25) is 5.91 Å². The molecule has 2 fully saturated rings. The summed E-state index contributed by atoms with van der Waals surface area (Å²) in [5, 5.41) is 0.752. The highest BCUT2D eigenvalue weighted by Crippen LogP contribution is 2.48. The largest absolute Gasteiger partial charge is 0.423 e. The minimum Gasteiger partial charge on any atom is -0.423 e. The van der Waals surface area contributed by atoms with Crippen molar-refractivity contribution in [2.75, 3.05) is 4.90 Å². The number of carbonyl (C=O) groups excluding carboxylic acids is 3. The first-order valence-electron chi connectivity index (χ1n) is 8.63. The first-order chi connectivity index (χ1) is 12.5. The van der Waals surface area contributed by atoms with Crippen LogP contribution < -0.4 is 10.5 Å². The van der Waals surface area contributed by atoms with E-state index in [0.29, 0.717) is 29.7 Å². The van der Waals surface area contributed by atoms with E-state index < -0.39 is 11.5 Å². The highest BCUT2D eigenvalue weighted by molar-refractivity contribution is 6.31. The molecular formula is C20H15NO5. The normalized spacial score (nSPS) is 24.8. The van der Waals surface area contributed by atoms with E-state index in [-0.39, 0.29) is 29.9 Å². The molecule has 3 aliphatic carbocycles. The lowest BCUT2D eigenvalue weighted by molar-refractivity contribution is -0.131. The van der Waals surface area contributed by atoms with E-state index in [9.17, 15) is 19.2 Å². The van der Waals surface area contributed by atoms with Crippen molar-refractivity contribution < 1.29 is 18.8 Å². The van der Waals surface area contributed by atoms with Crippen LogP contribution in [0.1, 0.15) is 24.8 Å². The van der Waals surface area contributed by atoms with Crippen LogP contribution in [-0.2, 0) is 14.4 Å². The molecule has 2 bridgehead atoms. The van der Waals surface area contributed by atoms with Crippen molar-refractivity contribution in [2.24, 2.45) is 11.8 Å². The molecule has 26 heavy (non-hydrogen) atoms. The van der Waals surface area contributed by atoms with Gasteiger partial charge in [0.05, 0.1) is 11.6 Å². The van der Waals surface area contributed by atoms with Crippen LogP contribution in [0, 0.1) is 18.8 Å². The van der Waals surface area contributed by atoms with Gasteiger partial charge in [-0.2, -0.15) is 0 Å². The Morgan fingerprint density at radius 3 is 2.69 bits per heavy atom. The number of nitrogens with zero attached hydrogens (tertiary/aromatic N) is 1. The van der Waals surface area contributed by atoms with Gasteiger partial charge >= 0.3 is 5.63 Å². The van der Waals surface area contributed by atoms with Crippen molar-refractivity contribution in [3.8, 4) is 0 Å². The van der Waals surface area contributed by atoms with Crippen LogP contribution in [0.2, 0.25) is 0 Å². The molecule has 1 saturated heterocycles. The Balaban J connectivity index is 1.66. The topological polar surface area (TPSA) is 84.7 Å². The lowest BCUT2D eigenvalue weighted by Gasteiger charge is -2.33. The third-order valence-corrected chi connectivity index (χ3v) is 5.77. The van der Waals surface area contributed by atoms with Crippen LogP contribution >= 0.6 is 0 Å². The molecule has 1 aromatic heterocycles. The highest BCUT2D eigenvalue weighted by Gasteiger charge is 2.55. The van der Waals surface area contributed by atoms with Gasteiger partial charge in [-0.15, -0.1) is 0 Å². The molecule has 0 N–H and O–H groups in total. The zero-order chi connectivity index (χ0) is 18.2. The zero-order valence-electron chi connectivity index (χ0n) is 14.1. The van der Waals surface area contributed by atoms with Crippen LogP contribution in [0.25, 0.3) is 11.0 Å². The number of aryl methyl sites for hydroxylation is 1. The Bertz CT molecular complexity index is 1120. The molecule has 0 radical (unpaired) electrons. The van der Waals surface area contributed by atoms with E-state index in [1.54, 1.807) is 25.1 Å². The van der Waals surface area contributed by atoms with E-state index in [4.69, 9.17) is 4.42 Å². The number of fused-ring (bicyclic) bond motifs is 3. The number of carbonyl (C=O) groups is 3. The number of imide groups is 1. The SMILES string of the molecule is Cc1cc(=O)oc2cc(N3C(=O)C4=C5CCC(C(=O)C5)C4C3=O)ccc12. The first kappa shape index (κ1) is 15.3. The monoisotopic (exact) mass is 349 g/mol. The summed E-state index contributed by atoms with van der Waals surface area (Å²) >= 11 is 0. The summed E-state index contributed by atoms with van der Waals surface area (Å²) in [6.07, 6.45) is 1.64. The van der Waals surface area contributed by atoms with Gasteiger partial charge in [-0.05, 0) is 37.5 Å². The Morgan fingerprint density at radius 1 is 1.12 bits per heavy atom. The number of allylic oxidation sites excluding steroid dienone is 1. The molecule has 2 amide bonds. The molecule has 6 nitrogen and oxygen atoms in total. The molecule has 1 aromatic carbocycles. The maximum Gasteiger partial charge on any atom is 0.336 e. The molecule has 2 heterocycles. The summed E-state index contributed by atoms with van der Waals surface area (Å²) in [7, 11) is 0. The van der Waals surface area contributed by atoms with Crippen LogP contribution in [0.5, 0.6) is 0 Å². The molecule has 0 spiro atoms. The second-order valence-electron chi connectivity index (χ2n) is 7.19. The van der Waals surface area contributed by atoms with Gasteiger partial charge in [0.25, 0.3) is 5.91 Å². The van der Waals surface area contributed by atoms with E-state index >= 15 is 0 Å². The van der Waals surface area contributed by atoms with Crippen molar-refractivity contribution >= 4 is 34.3 Å². The van der Waals surface area contributed by atoms with Gasteiger partial charge in [-0.3, -0.25) is 14.4 Å². The lowest BCUT2D eigenvalue weighted by atomic mass is 9.67. The summed E-state index contributed by atoms with van der Waals surface area (Å²) in [4.78, 5) is 50.9. The van der Waals surface area contributed by atoms with Crippen LogP contribution in [0.4, 0.5) is 5.69 Å². The fourth-order valence-electron chi connectivity index (χ4n) is 4.56. The molecule has 6 rings (SSSR count). The number of anilines is 1. The molecule has 2 unspecified atom stereocenters. The summed E-state index contributed by atoms with van der Waals surface area (Å²) in [5.41, 5.74) is 2.32. The number of benzene rings is 1. The van der Waals surface area contributed by atoms with E-state index in [0.717, 1.165) is 21.4 Å². The van der Waals surface area contributed by atoms with Gasteiger partial charge in [0.1, 0.15) is 11.4 Å². The van der Waals surface area contributed by atoms with Crippen molar-refractivity contribution in [2.45, 2.75) is 26.2 Å². The summed E-state index contributed by atoms with van der Waals surface area (Å²) in [5.74, 6) is -1.67. The first-order valence-corrected chi connectivity index (χ1v) is 8.63. The van der Waals surface area contributed by atoms with E-state index in [1.807, 2.05) is 0 Å². The number of hydrogen-bond acceptors (Lipinski definition) is 5. The highest BCUT2D eigenvalue weighted by atomic mass is 16.4. The predicted molar refractivity (Wildman–Crippen MR) is 92.6 cm³/mol. The second kappa shape index (κ2) is 5.00. The molecular weight excluding hydrogens is 334 g/mol. The van der Waals surface area contributed by atoms with Crippen LogP contribution in [0.3, 0.4) is 0 Å². The molecule has 6 heteroatoms. The molecule has 2 atom stereocenters. The fraction of sp³-hybridized carbons (Fsp3) is 0.300. The molecule has 1 saturated carbocycles. The maximum atomic E-state index is 13.0. The van der Waals surface area contributed by atoms with Crippen molar-refractivity contribution in [3.63, 3.8) is 0 Å². The third-order valence-electron chi connectivity index (χ3n) is 5.77. The number of ketones is 1. The average Bonchev–Trinajstić information content (AvgIpc) is 2.87.